The maximum atomic E-state index is 12.5. The van der Waals surface area contributed by atoms with E-state index in [1.54, 1.807) is 26.4 Å². The SMILES string of the molecule is COc1cccc(/C=C/C(=O)NCC2(c3cc(C)ccc3OC)CCOCC2)c1. The van der Waals surface area contributed by atoms with Gasteiger partial charge in [-0.25, -0.2) is 0 Å². The Morgan fingerprint density at radius 1 is 1.14 bits per heavy atom. The fraction of sp³-hybridized carbons (Fsp3) is 0.375. The molecule has 0 atom stereocenters. The predicted molar refractivity (Wildman–Crippen MR) is 114 cm³/mol. The number of nitrogens with one attached hydrogen (secondary N) is 1. The molecule has 2 aromatic rings. The van der Waals surface area contributed by atoms with E-state index in [-0.39, 0.29) is 11.3 Å². The number of ether oxygens (including phenoxy) is 3. The van der Waals surface area contributed by atoms with E-state index in [2.05, 4.69) is 18.3 Å². The van der Waals surface area contributed by atoms with Crippen LogP contribution in [-0.4, -0.2) is 39.9 Å². The number of methoxy groups -OCH3 is 2. The average Bonchev–Trinajstić information content (AvgIpc) is 2.77. The fourth-order valence-electron chi connectivity index (χ4n) is 3.77. The van der Waals surface area contributed by atoms with Gasteiger partial charge in [0, 0.05) is 36.8 Å². The zero-order chi connectivity index (χ0) is 20.7. The molecule has 0 unspecified atom stereocenters. The van der Waals surface area contributed by atoms with E-state index in [9.17, 15) is 4.79 Å². The van der Waals surface area contributed by atoms with E-state index < -0.39 is 0 Å². The van der Waals surface area contributed by atoms with E-state index in [4.69, 9.17) is 14.2 Å². The van der Waals surface area contributed by atoms with Crippen molar-refractivity contribution in [3.05, 3.63) is 65.2 Å². The van der Waals surface area contributed by atoms with Gasteiger partial charge in [0.25, 0.3) is 0 Å². The van der Waals surface area contributed by atoms with Crippen LogP contribution in [0.15, 0.2) is 48.5 Å². The van der Waals surface area contributed by atoms with Crippen molar-refractivity contribution in [3.8, 4) is 11.5 Å². The number of hydrogen-bond donors (Lipinski definition) is 1. The fourth-order valence-corrected chi connectivity index (χ4v) is 3.77. The van der Waals surface area contributed by atoms with Gasteiger partial charge in [0.05, 0.1) is 14.2 Å². The second kappa shape index (κ2) is 9.61. The lowest BCUT2D eigenvalue weighted by atomic mass is 9.73. The second-order valence-corrected chi connectivity index (χ2v) is 7.42. The van der Waals surface area contributed by atoms with Crippen molar-refractivity contribution in [2.24, 2.45) is 0 Å². The van der Waals surface area contributed by atoms with Crippen molar-refractivity contribution in [2.45, 2.75) is 25.2 Å². The Morgan fingerprint density at radius 3 is 2.66 bits per heavy atom. The number of rotatable bonds is 7. The molecule has 3 rings (SSSR count). The molecule has 1 saturated heterocycles. The number of carbonyl (C=O) groups is 1. The van der Waals surface area contributed by atoms with E-state index in [0.29, 0.717) is 19.8 Å². The molecule has 154 valence electrons. The number of hydrogen-bond acceptors (Lipinski definition) is 4. The summed E-state index contributed by atoms with van der Waals surface area (Å²) in [6.07, 6.45) is 5.04. The summed E-state index contributed by atoms with van der Waals surface area (Å²) < 4.78 is 16.5. The van der Waals surface area contributed by atoms with E-state index in [1.807, 2.05) is 36.4 Å². The van der Waals surface area contributed by atoms with Gasteiger partial charge >= 0.3 is 0 Å². The van der Waals surface area contributed by atoms with Crippen LogP contribution < -0.4 is 14.8 Å². The minimum Gasteiger partial charge on any atom is -0.497 e. The number of carbonyl (C=O) groups excluding carboxylic acids is 1. The minimum atomic E-state index is -0.199. The molecule has 1 N–H and O–H groups in total. The molecule has 0 saturated carbocycles. The molecule has 0 radical (unpaired) electrons. The monoisotopic (exact) mass is 395 g/mol. The van der Waals surface area contributed by atoms with Crippen molar-refractivity contribution in [1.29, 1.82) is 0 Å². The zero-order valence-corrected chi connectivity index (χ0v) is 17.4. The standard InChI is InChI=1S/C24H29NO4/c1-18-7-9-22(28-3)21(15-18)24(11-13-29-14-12-24)17-25-23(26)10-8-19-5-4-6-20(16-19)27-2/h4-10,15-16H,11-14,17H2,1-3H3,(H,25,26)/b10-8+. The van der Waals surface area contributed by atoms with Crippen LogP contribution in [0.4, 0.5) is 0 Å². The summed E-state index contributed by atoms with van der Waals surface area (Å²) >= 11 is 0. The molecule has 1 heterocycles. The maximum absolute atomic E-state index is 12.5. The Morgan fingerprint density at radius 2 is 1.93 bits per heavy atom. The lowest BCUT2D eigenvalue weighted by Gasteiger charge is -2.38. The Bertz CT molecular complexity index is 869. The highest BCUT2D eigenvalue weighted by Gasteiger charge is 2.37. The Kier molecular flexibility index (Phi) is 6.94. The smallest absolute Gasteiger partial charge is 0.244 e. The van der Waals surface area contributed by atoms with Crippen LogP contribution in [0.25, 0.3) is 6.08 Å². The van der Waals surface area contributed by atoms with Crippen molar-refractivity contribution in [3.63, 3.8) is 0 Å². The van der Waals surface area contributed by atoms with Gasteiger partial charge in [-0.1, -0.05) is 29.8 Å². The second-order valence-electron chi connectivity index (χ2n) is 7.42. The summed E-state index contributed by atoms with van der Waals surface area (Å²) in [7, 11) is 3.32. The topological polar surface area (TPSA) is 56.8 Å². The van der Waals surface area contributed by atoms with Crippen LogP contribution >= 0.6 is 0 Å². The van der Waals surface area contributed by atoms with Crippen LogP contribution in [0, 0.1) is 6.92 Å². The molecule has 0 bridgehead atoms. The Labute approximate surface area is 172 Å². The molecule has 0 aliphatic carbocycles. The van der Waals surface area contributed by atoms with Crippen molar-refractivity contribution >= 4 is 12.0 Å². The molecule has 1 aliphatic heterocycles. The molecule has 2 aromatic carbocycles. The first-order valence-corrected chi connectivity index (χ1v) is 9.89. The Hall–Kier alpha value is -2.79. The molecule has 1 fully saturated rings. The molecule has 29 heavy (non-hydrogen) atoms. The zero-order valence-electron chi connectivity index (χ0n) is 17.4. The Balaban J connectivity index is 1.75. The third-order valence-electron chi connectivity index (χ3n) is 5.50. The molecule has 1 amide bonds. The lowest BCUT2D eigenvalue weighted by molar-refractivity contribution is -0.116. The third-order valence-corrected chi connectivity index (χ3v) is 5.50. The van der Waals surface area contributed by atoms with Gasteiger partial charge < -0.3 is 19.5 Å². The molecule has 5 nitrogen and oxygen atoms in total. The third kappa shape index (κ3) is 5.18. The van der Waals surface area contributed by atoms with Crippen LogP contribution in [0.3, 0.4) is 0 Å². The summed E-state index contributed by atoms with van der Waals surface area (Å²) in [5.74, 6) is 1.50. The van der Waals surface area contributed by atoms with E-state index in [0.717, 1.165) is 35.5 Å². The quantitative estimate of drug-likeness (QED) is 0.723. The van der Waals surface area contributed by atoms with Gasteiger partial charge in [-0.15, -0.1) is 0 Å². The minimum absolute atomic E-state index is 0.120. The summed E-state index contributed by atoms with van der Waals surface area (Å²) in [6.45, 7) is 3.96. The molecular weight excluding hydrogens is 366 g/mol. The molecular formula is C24H29NO4. The summed E-state index contributed by atoms with van der Waals surface area (Å²) in [5.41, 5.74) is 3.03. The van der Waals surface area contributed by atoms with Crippen LogP contribution in [0.5, 0.6) is 11.5 Å². The average molecular weight is 395 g/mol. The number of benzene rings is 2. The van der Waals surface area contributed by atoms with Crippen LogP contribution in [-0.2, 0) is 14.9 Å². The summed E-state index contributed by atoms with van der Waals surface area (Å²) in [5, 5.41) is 3.09. The van der Waals surface area contributed by atoms with Crippen LogP contribution in [0.1, 0.15) is 29.5 Å². The maximum Gasteiger partial charge on any atom is 0.244 e. The van der Waals surface area contributed by atoms with Crippen LogP contribution in [0.2, 0.25) is 0 Å². The van der Waals surface area contributed by atoms with E-state index in [1.165, 1.54) is 5.56 Å². The first-order valence-electron chi connectivity index (χ1n) is 9.89. The van der Waals surface area contributed by atoms with Gasteiger partial charge in [0.15, 0.2) is 0 Å². The van der Waals surface area contributed by atoms with Gasteiger partial charge in [-0.3, -0.25) is 4.79 Å². The van der Waals surface area contributed by atoms with Crippen molar-refractivity contribution in [1.82, 2.24) is 5.32 Å². The normalized spacial score (nSPS) is 15.8. The van der Waals surface area contributed by atoms with Crippen molar-refractivity contribution in [2.75, 3.05) is 34.0 Å². The summed E-state index contributed by atoms with van der Waals surface area (Å²) in [6, 6.07) is 13.8. The first-order chi connectivity index (χ1) is 14.1. The largest absolute Gasteiger partial charge is 0.497 e. The number of amides is 1. The lowest BCUT2D eigenvalue weighted by Crippen LogP contribution is -2.44. The molecule has 5 heteroatoms. The van der Waals surface area contributed by atoms with E-state index >= 15 is 0 Å². The molecule has 0 aromatic heterocycles. The molecule has 1 aliphatic rings. The summed E-state index contributed by atoms with van der Waals surface area (Å²) in [4.78, 5) is 12.5. The predicted octanol–water partition coefficient (Wildman–Crippen LogP) is 3.89. The highest BCUT2D eigenvalue weighted by atomic mass is 16.5. The highest BCUT2D eigenvalue weighted by Crippen LogP contribution is 2.40. The first kappa shape index (κ1) is 20.9. The van der Waals surface area contributed by atoms with Crippen molar-refractivity contribution < 1.29 is 19.0 Å². The molecule has 0 spiro atoms. The van der Waals surface area contributed by atoms with Gasteiger partial charge in [0.1, 0.15) is 11.5 Å². The van der Waals surface area contributed by atoms with Gasteiger partial charge in [0.2, 0.25) is 5.91 Å². The number of aryl methyl sites for hydroxylation is 1. The van der Waals surface area contributed by atoms with Gasteiger partial charge in [-0.05, 0) is 49.6 Å². The highest BCUT2D eigenvalue weighted by molar-refractivity contribution is 5.91. The van der Waals surface area contributed by atoms with Gasteiger partial charge in [-0.2, -0.15) is 0 Å².